The molecule has 0 aliphatic heterocycles. The number of esters is 1. The van der Waals surface area contributed by atoms with Gasteiger partial charge in [-0.1, -0.05) is 78.3 Å². The molecule has 0 aliphatic rings. The van der Waals surface area contributed by atoms with Crippen LogP contribution >= 0.6 is 11.6 Å². The Morgan fingerprint density at radius 1 is 0.917 bits per heavy atom. The minimum absolute atomic E-state index is 0.213. The first-order valence-electron chi connectivity index (χ1n) is 11.2. The van der Waals surface area contributed by atoms with E-state index in [1.807, 2.05) is 48.5 Å². The molecule has 1 amide bonds. The first kappa shape index (κ1) is 24.7. The predicted octanol–water partition coefficient (Wildman–Crippen LogP) is 5.97. The normalized spacial score (nSPS) is 10.8. The van der Waals surface area contributed by atoms with E-state index in [2.05, 4.69) is 17.1 Å². The number of fused-ring (bicyclic) bond motifs is 1. The Morgan fingerprint density at radius 3 is 2.50 bits per heavy atom. The lowest BCUT2D eigenvalue weighted by Crippen LogP contribution is -2.25. The van der Waals surface area contributed by atoms with Gasteiger partial charge < -0.3 is 9.47 Å². The summed E-state index contributed by atoms with van der Waals surface area (Å²) < 4.78 is 11.3. The number of halogens is 1. The van der Waals surface area contributed by atoms with Crippen LogP contribution in [0.4, 0.5) is 0 Å². The minimum atomic E-state index is -0.596. The van der Waals surface area contributed by atoms with Crippen molar-refractivity contribution in [2.24, 2.45) is 5.10 Å². The lowest BCUT2D eigenvalue weighted by molar-refractivity contribution is -0.123. The van der Waals surface area contributed by atoms with Gasteiger partial charge in [0.1, 0.15) is 11.5 Å². The minimum Gasteiger partial charge on any atom is -0.483 e. The molecule has 0 unspecified atom stereocenters. The molecule has 4 aromatic carbocycles. The smallest absolute Gasteiger partial charge is 0.345 e. The summed E-state index contributed by atoms with van der Waals surface area (Å²) in [6.07, 6.45) is 3.85. The van der Waals surface area contributed by atoms with Crippen molar-refractivity contribution in [1.82, 2.24) is 5.43 Å². The van der Waals surface area contributed by atoms with E-state index >= 15 is 0 Å². The summed E-state index contributed by atoms with van der Waals surface area (Å²) in [5, 5.41) is 6.10. The molecule has 0 saturated carbocycles. The summed E-state index contributed by atoms with van der Waals surface area (Å²) >= 11 is 6.15. The second-order valence-electron chi connectivity index (χ2n) is 7.75. The molecule has 0 radical (unpaired) electrons. The summed E-state index contributed by atoms with van der Waals surface area (Å²) in [7, 11) is 0. The third-order valence-electron chi connectivity index (χ3n) is 5.31. The van der Waals surface area contributed by atoms with Gasteiger partial charge in [0, 0.05) is 5.56 Å². The highest BCUT2D eigenvalue weighted by atomic mass is 35.5. The fourth-order valence-corrected chi connectivity index (χ4v) is 3.81. The molecule has 0 aliphatic carbocycles. The highest BCUT2D eigenvalue weighted by Gasteiger charge is 2.16. The summed E-state index contributed by atoms with van der Waals surface area (Å²) in [5.74, 6) is -0.138. The number of para-hydroxylation sites is 1. The molecule has 0 atom stereocenters. The van der Waals surface area contributed by atoms with E-state index in [1.165, 1.54) is 6.21 Å². The molecule has 0 spiro atoms. The molecule has 0 aromatic heterocycles. The molecule has 6 nitrogen and oxygen atoms in total. The van der Waals surface area contributed by atoms with Gasteiger partial charge in [-0.3, -0.25) is 4.79 Å². The largest absolute Gasteiger partial charge is 0.483 e. The molecule has 4 aromatic rings. The number of allylic oxidation sites excluding steroid dienone is 1. The summed E-state index contributed by atoms with van der Waals surface area (Å²) in [6.45, 7) is 3.52. The maximum absolute atomic E-state index is 12.8. The van der Waals surface area contributed by atoms with E-state index in [0.717, 1.165) is 16.3 Å². The molecule has 0 heterocycles. The number of hydrazone groups is 1. The van der Waals surface area contributed by atoms with E-state index < -0.39 is 11.9 Å². The second kappa shape index (κ2) is 11.8. The number of nitrogens with one attached hydrogen (secondary N) is 1. The van der Waals surface area contributed by atoms with Crippen LogP contribution in [-0.4, -0.2) is 24.7 Å². The number of rotatable bonds is 9. The van der Waals surface area contributed by atoms with Gasteiger partial charge in [0.25, 0.3) is 5.91 Å². The van der Waals surface area contributed by atoms with Crippen LogP contribution in [0.1, 0.15) is 21.5 Å². The van der Waals surface area contributed by atoms with Gasteiger partial charge in [0.15, 0.2) is 6.61 Å². The van der Waals surface area contributed by atoms with Crippen LogP contribution in [0.15, 0.2) is 103 Å². The Balaban J connectivity index is 1.50. The highest BCUT2D eigenvalue weighted by Crippen LogP contribution is 2.28. The fourth-order valence-electron chi connectivity index (χ4n) is 3.59. The number of carbonyl (C=O) groups is 2. The SMILES string of the molecule is C=CCc1ccccc1OCC(=O)N/N=C\c1c(OC(=O)c2ccccc2Cl)ccc2ccccc12. The zero-order valence-electron chi connectivity index (χ0n) is 19.3. The number of amides is 1. The van der Waals surface area contributed by atoms with E-state index in [0.29, 0.717) is 22.8 Å². The van der Waals surface area contributed by atoms with Gasteiger partial charge in [-0.2, -0.15) is 5.10 Å². The molecular formula is C29H23ClN2O4. The van der Waals surface area contributed by atoms with Crippen molar-refractivity contribution in [2.75, 3.05) is 6.61 Å². The van der Waals surface area contributed by atoms with Gasteiger partial charge in [-0.25, -0.2) is 10.2 Å². The summed E-state index contributed by atoms with van der Waals surface area (Å²) in [6, 6.07) is 25.2. The molecular weight excluding hydrogens is 476 g/mol. The van der Waals surface area contributed by atoms with Crippen molar-refractivity contribution in [3.63, 3.8) is 0 Å². The van der Waals surface area contributed by atoms with Crippen molar-refractivity contribution in [1.29, 1.82) is 0 Å². The van der Waals surface area contributed by atoms with Gasteiger partial charge in [0.05, 0.1) is 16.8 Å². The van der Waals surface area contributed by atoms with E-state index in [4.69, 9.17) is 21.1 Å². The standard InChI is InChI=1S/C29H23ClN2O4/c1-2-9-21-11-4-8-15-26(21)35-19-28(33)32-31-18-24-22-12-5-3-10-20(22)16-17-27(24)36-29(34)23-13-6-7-14-25(23)30/h2-8,10-18H,1,9,19H2,(H,32,33)/b31-18-. The lowest BCUT2D eigenvalue weighted by Gasteiger charge is -2.11. The third kappa shape index (κ3) is 5.98. The number of ether oxygens (including phenoxy) is 2. The van der Waals surface area contributed by atoms with Crippen LogP contribution in [0.2, 0.25) is 5.02 Å². The Kier molecular flexibility index (Phi) is 8.11. The zero-order valence-corrected chi connectivity index (χ0v) is 20.1. The summed E-state index contributed by atoms with van der Waals surface area (Å²) in [4.78, 5) is 25.1. The van der Waals surface area contributed by atoms with E-state index in [9.17, 15) is 9.59 Å². The lowest BCUT2D eigenvalue weighted by atomic mass is 10.0. The van der Waals surface area contributed by atoms with Crippen molar-refractivity contribution < 1.29 is 19.1 Å². The fraction of sp³-hybridized carbons (Fsp3) is 0.0690. The molecule has 180 valence electrons. The third-order valence-corrected chi connectivity index (χ3v) is 5.64. The zero-order chi connectivity index (χ0) is 25.3. The van der Waals surface area contributed by atoms with Crippen molar-refractivity contribution in [3.8, 4) is 11.5 Å². The van der Waals surface area contributed by atoms with Gasteiger partial charge in [-0.15, -0.1) is 6.58 Å². The van der Waals surface area contributed by atoms with Crippen LogP contribution < -0.4 is 14.9 Å². The van der Waals surface area contributed by atoms with Crippen molar-refractivity contribution >= 4 is 40.5 Å². The number of benzene rings is 4. The molecule has 0 fully saturated rings. The van der Waals surface area contributed by atoms with Crippen LogP contribution in [0.25, 0.3) is 10.8 Å². The van der Waals surface area contributed by atoms with Crippen LogP contribution in [-0.2, 0) is 11.2 Å². The first-order chi connectivity index (χ1) is 17.6. The number of carbonyl (C=O) groups excluding carboxylic acids is 2. The Hall–Kier alpha value is -4.42. The summed E-state index contributed by atoms with van der Waals surface area (Å²) in [5.41, 5.74) is 4.18. The second-order valence-corrected chi connectivity index (χ2v) is 8.16. The molecule has 1 N–H and O–H groups in total. The van der Waals surface area contributed by atoms with Crippen LogP contribution in [0, 0.1) is 0 Å². The maximum Gasteiger partial charge on any atom is 0.345 e. The molecule has 7 heteroatoms. The van der Waals surface area contributed by atoms with Crippen LogP contribution in [0.5, 0.6) is 11.5 Å². The van der Waals surface area contributed by atoms with Gasteiger partial charge in [-0.05, 0) is 47.0 Å². The number of hydrogen-bond donors (Lipinski definition) is 1. The monoisotopic (exact) mass is 498 g/mol. The van der Waals surface area contributed by atoms with E-state index in [1.54, 1.807) is 42.5 Å². The van der Waals surface area contributed by atoms with Crippen molar-refractivity contribution in [2.45, 2.75) is 6.42 Å². The first-order valence-corrected chi connectivity index (χ1v) is 11.6. The Bertz CT molecular complexity index is 1450. The highest BCUT2D eigenvalue weighted by molar-refractivity contribution is 6.33. The average Bonchev–Trinajstić information content (AvgIpc) is 2.89. The van der Waals surface area contributed by atoms with Gasteiger partial charge >= 0.3 is 5.97 Å². The van der Waals surface area contributed by atoms with Crippen LogP contribution in [0.3, 0.4) is 0 Å². The van der Waals surface area contributed by atoms with Crippen molar-refractivity contribution in [3.05, 3.63) is 119 Å². The molecule has 0 bridgehead atoms. The molecule has 36 heavy (non-hydrogen) atoms. The topological polar surface area (TPSA) is 77.0 Å². The Morgan fingerprint density at radius 2 is 1.67 bits per heavy atom. The number of hydrogen-bond acceptors (Lipinski definition) is 5. The average molecular weight is 499 g/mol. The quantitative estimate of drug-likeness (QED) is 0.101. The van der Waals surface area contributed by atoms with Gasteiger partial charge in [0.2, 0.25) is 0 Å². The van der Waals surface area contributed by atoms with E-state index in [-0.39, 0.29) is 17.9 Å². The Labute approximate surface area is 213 Å². The maximum atomic E-state index is 12.8. The molecule has 4 rings (SSSR count). The number of nitrogens with zero attached hydrogens (tertiary/aromatic N) is 1. The molecule has 0 saturated heterocycles. The predicted molar refractivity (Wildman–Crippen MR) is 142 cm³/mol.